The normalized spacial score (nSPS) is 16.5. The number of fused-ring (bicyclic) bond motifs is 2. The number of aromatic amines is 1. The predicted molar refractivity (Wildman–Crippen MR) is 148 cm³/mol. The highest BCUT2D eigenvalue weighted by Crippen LogP contribution is 2.35. The Morgan fingerprint density at radius 2 is 1.79 bits per heavy atom. The maximum atomic E-state index is 13.4. The van der Waals surface area contributed by atoms with Crippen molar-refractivity contribution in [2.24, 2.45) is 0 Å². The van der Waals surface area contributed by atoms with E-state index in [1.54, 1.807) is 35.8 Å². The van der Waals surface area contributed by atoms with E-state index in [1.165, 1.54) is 11.1 Å². The third-order valence-corrected chi connectivity index (χ3v) is 9.17. The van der Waals surface area contributed by atoms with E-state index in [0.29, 0.717) is 36.2 Å². The third-order valence-electron chi connectivity index (χ3n) is 7.21. The second-order valence-electron chi connectivity index (χ2n) is 9.80. The summed E-state index contributed by atoms with van der Waals surface area (Å²) >= 11 is 0. The van der Waals surface area contributed by atoms with Gasteiger partial charge < -0.3 is 25.3 Å². The summed E-state index contributed by atoms with van der Waals surface area (Å²) in [5.41, 5.74) is 4.39. The van der Waals surface area contributed by atoms with E-state index in [2.05, 4.69) is 44.7 Å². The third kappa shape index (κ3) is 4.57. The molecule has 3 N–H and O–H groups in total. The van der Waals surface area contributed by atoms with Crippen molar-refractivity contribution in [3.63, 3.8) is 0 Å². The zero-order valence-electron chi connectivity index (χ0n) is 21.5. The molecule has 1 saturated heterocycles. The molecule has 0 saturated carbocycles. The van der Waals surface area contributed by atoms with E-state index < -0.39 is 10.0 Å². The summed E-state index contributed by atoms with van der Waals surface area (Å²) in [7, 11) is 0.141. The zero-order valence-corrected chi connectivity index (χ0v) is 22.3. The van der Waals surface area contributed by atoms with Crippen LogP contribution in [0.1, 0.15) is 24.0 Å². The number of methoxy groups -OCH3 is 1. The maximum Gasteiger partial charge on any atom is 0.245 e. The van der Waals surface area contributed by atoms with Gasteiger partial charge in [0.2, 0.25) is 16.0 Å². The summed E-state index contributed by atoms with van der Waals surface area (Å²) in [5.74, 6) is 1.59. The number of nitrogens with zero attached hydrogens (tertiary/aromatic N) is 4. The highest BCUT2D eigenvalue weighted by atomic mass is 32.2. The Bertz CT molecular complexity index is 1600. The van der Waals surface area contributed by atoms with Crippen LogP contribution in [-0.4, -0.2) is 66.4 Å². The number of para-hydroxylation sites is 1. The number of benzene rings is 2. The Morgan fingerprint density at radius 3 is 2.61 bits per heavy atom. The van der Waals surface area contributed by atoms with Gasteiger partial charge in [-0.05, 0) is 67.8 Å². The highest BCUT2D eigenvalue weighted by Gasteiger charge is 2.29. The van der Waals surface area contributed by atoms with Gasteiger partial charge in [-0.15, -0.1) is 0 Å². The molecule has 10 nitrogen and oxygen atoms in total. The SMILES string of the molecule is COc1cc2c(cc1Nc1nc(Nc3ccccc3S(=O)(=O)N3CCCC3)c3cc[nH]c3n1)CN(C)CC2. The van der Waals surface area contributed by atoms with Crippen LogP contribution in [0.2, 0.25) is 0 Å². The lowest BCUT2D eigenvalue weighted by Crippen LogP contribution is -2.28. The van der Waals surface area contributed by atoms with E-state index >= 15 is 0 Å². The molecule has 0 unspecified atom stereocenters. The van der Waals surface area contributed by atoms with Crippen molar-refractivity contribution >= 4 is 44.2 Å². The summed E-state index contributed by atoms with van der Waals surface area (Å²) < 4.78 is 34.0. The van der Waals surface area contributed by atoms with Crippen LogP contribution in [0.3, 0.4) is 0 Å². The molecule has 0 radical (unpaired) electrons. The first-order chi connectivity index (χ1) is 18.4. The molecular formula is C27H31N7O3S. The fourth-order valence-electron chi connectivity index (χ4n) is 5.20. The fraction of sp³-hybridized carbons (Fsp3) is 0.333. The Hall–Kier alpha value is -3.67. The van der Waals surface area contributed by atoms with E-state index in [1.807, 2.05) is 12.1 Å². The van der Waals surface area contributed by atoms with Crippen LogP contribution in [0, 0.1) is 0 Å². The summed E-state index contributed by atoms with van der Waals surface area (Å²) in [6.07, 6.45) is 4.52. The number of hydrogen-bond acceptors (Lipinski definition) is 8. The lowest BCUT2D eigenvalue weighted by atomic mass is 9.99. The smallest absolute Gasteiger partial charge is 0.245 e. The predicted octanol–water partition coefficient (Wildman–Crippen LogP) is 4.23. The molecule has 0 amide bonds. The molecule has 11 heteroatoms. The van der Waals surface area contributed by atoms with Crippen molar-refractivity contribution in [3.05, 3.63) is 59.8 Å². The first-order valence-corrected chi connectivity index (χ1v) is 14.2. The summed E-state index contributed by atoms with van der Waals surface area (Å²) in [6.45, 7) is 2.95. The summed E-state index contributed by atoms with van der Waals surface area (Å²) in [5, 5.41) is 7.37. The number of nitrogens with one attached hydrogen (secondary N) is 3. The zero-order chi connectivity index (χ0) is 26.3. The van der Waals surface area contributed by atoms with E-state index in [-0.39, 0.29) is 4.90 Å². The maximum absolute atomic E-state index is 13.4. The molecule has 2 aliphatic rings. The molecule has 0 spiro atoms. The average molecular weight is 534 g/mol. The second-order valence-corrected chi connectivity index (χ2v) is 11.7. The van der Waals surface area contributed by atoms with Gasteiger partial charge in [-0.3, -0.25) is 0 Å². The Kier molecular flexibility index (Phi) is 6.42. The lowest BCUT2D eigenvalue weighted by molar-refractivity contribution is 0.312. The number of H-pyrrole nitrogens is 1. The van der Waals surface area contributed by atoms with Crippen molar-refractivity contribution in [3.8, 4) is 5.75 Å². The minimum atomic E-state index is -3.63. The van der Waals surface area contributed by atoms with Crippen LogP contribution < -0.4 is 15.4 Å². The molecule has 4 aromatic rings. The summed E-state index contributed by atoms with van der Waals surface area (Å²) in [6, 6.07) is 13.0. The van der Waals surface area contributed by atoms with Crippen LogP contribution in [0.5, 0.6) is 5.75 Å². The van der Waals surface area contributed by atoms with Crippen molar-refractivity contribution in [2.75, 3.05) is 44.4 Å². The number of aromatic nitrogens is 3. The minimum Gasteiger partial charge on any atom is -0.495 e. The number of ether oxygens (including phenoxy) is 1. The highest BCUT2D eigenvalue weighted by molar-refractivity contribution is 7.89. The van der Waals surface area contributed by atoms with Crippen molar-refractivity contribution in [2.45, 2.75) is 30.7 Å². The molecule has 2 aliphatic heterocycles. The molecule has 198 valence electrons. The van der Waals surface area contributed by atoms with Crippen molar-refractivity contribution in [1.82, 2.24) is 24.2 Å². The molecule has 0 aliphatic carbocycles. The molecule has 2 aromatic carbocycles. The molecular weight excluding hydrogens is 502 g/mol. The number of anilines is 4. The Labute approximate surface area is 222 Å². The van der Waals surface area contributed by atoms with Crippen LogP contribution in [0.4, 0.5) is 23.1 Å². The van der Waals surface area contributed by atoms with Crippen LogP contribution in [-0.2, 0) is 23.0 Å². The fourth-order valence-corrected chi connectivity index (χ4v) is 6.86. The molecule has 0 atom stereocenters. The van der Waals surface area contributed by atoms with Crippen molar-refractivity contribution in [1.29, 1.82) is 0 Å². The summed E-state index contributed by atoms with van der Waals surface area (Å²) in [4.78, 5) is 15.1. The monoisotopic (exact) mass is 533 g/mol. The molecule has 1 fully saturated rings. The van der Waals surface area contributed by atoms with Gasteiger partial charge in [0.1, 0.15) is 22.1 Å². The van der Waals surface area contributed by atoms with Gasteiger partial charge in [0.05, 0.1) is 23.9 Å². The number of likely N-dealkylation sites (N-methyl/N-ethyl adjacent to an activating group) is 1. The van der Waals surface area contributed by atoms with Crippen molar-refractivity contribution < 1.29 is 13.2 Å². The Balaban J connectivity index is 1.37. The molecule has 6 rings (SSSR count). The van der Waals surface area contributed by atoms with Crippen LogP contribution in [0.25, 0.3) is 11.0 Å². The quantitative estimate of drug-likeness (QED) is 0.323. The minimum absolute atomic E-state index is 0.235. The molecule has 4 heterocycles. The van der Waals surface area contributed by atoms with Gasteiger partial charge in [-0.25, -0.2) is 8.42 Å². The number of hydrogen-bond donors (Lipinski definition) is 3. The molecule has 2 aromatic heterocycles. The standard InChI is InChI=1S/C27H31N7O3S/c1-33-14-10-18-16-23(37-2)22(15-19(18)17-33)30-27-31-25-20(9-11-28-25)26(32-27)29-21-7-3-4-8-24(21)38(35,36)34-12-5-6-13-34/h3-4,7-9,11,15-16H,5-6,10,12-14,17H2,1-2H3,(H3,28,29,30,31,32). The van der Waals surface area contributed by atoms with E-state index in [0.717, 1.165) is 49.2 Å². The van der Waals surface area contributed by atoms with Gasteiger partial charge in [0, 0.05) is 32.4 Å². The van der Waals surface area contributed by atoms with Gasteiger partial charge in [-0.2, -0.15) is 14.3 Å². The Morgan fingerprint density at radius 1 is 0.974 bits per heavy atom. The first kappa shape index (κ1) is 24.7. The lowest BCUT2D eigenvalue weighted by Gasteiger charge is -2.26. The molecule has 0 bridgehead atoms. The first-order valence-electron chi connectivity index (χ1n) is 12.8. The number of sulfonamides is 1. The number of rotatable bonds is 7. The van der Waals surface area contributed by atoms with E-state index in [9.17, 15) is 8.42 Å². The van der Waals surface area contributed by atoms with E-state index in [4.69, 9.17) is 9.72 Å². The van der Waals surface area contributed by atoms with Crippen LogP contribution >= 0.6 is 0 Å². The van der Waals surface area contributed by atoms with Gasteiger partial charge in [-0.1, -0.05) is 12.1 Å². The second kappa shape index (κ2) is 9.90. The van der Waals surface area contributed by atoms with Gasteiger partial charge >= 0.3 is 0 Å². The average Bonchev–Trinajstić information content (AvgIpc) is 3.62. The van der Waals surface area contributed by atoms with Crippen LogP contribution in [0.15, 0.2) is 53.6 Å². The van der Waals surface area contributed by atoms with Gasteiger partial charge in [0.25, 0.3) is 0 Å². The topological polar surface area (TPSA) is 115 Å². The van der Waals surface area contributed by atoms with Gasteiger partial charge in [0.15, 0.2) is 0 Å². The molecule has 38 heavy (non-hydrogen) atoms. The largest absolute Gasteiger partial charge is 0.495 e.